The Morgan fingerprint density at radius 2 is 1.63 bits per heavy atom. The summed E-state index contributed by atoms with van der Waals surface area (Å²) in [5, 5.41) is 7.08. The summed E-state index contributed by atoms with van der Waals surface area (Å²) in [6.07, 6.45) is 3.80. The number of rotatable bonds is 9. The Morgan fingerprint density at radius 3 is 2.40 bits per heavy atom. The van der Waals surface area contributed by atoms with Crippen LogP contribution in [0.4, 0.5) is 5.13 Å². The summed E-state index contributed by atoms with van der Waals surface area (Å²) in [6, 6.07) is 28.5. The maximum atomic E-state index is 5.83. The number of anilines is 1. The highest BCUT2D eigenvalue weighted by Crippen LogP contribution is 2.24. The van der Waals surface area contributed by atoms with Crippen molar-refractivity contribution in [2.45, 2.75) is 12.8 Å². The van der Waals surface area contributed by atoms with Crippen LogP contribution >= 0.6 is 11.3 Å². The fourth-order valence-electron chi connectivity index (χ4n) is 2.99. The maximum Gasteiger partial charge on any atom is 0.203 e. The summed E-state index contributed by atoms with van der Waals surface area (Å²) in [6.45, 7) is 0.706. The van der Waals surface area contributed by atoms with Gasteiger partial charge >= 0.3 is 0 Å². The predicted molar refractivity (Wildman–Crippen MR) is 125 cm³/mol. The van der Waals surface area contributed by atoms with Crippen LogP contribution in [0.15, 0.2) is 95.4 Å². The fraction of sp³-hybridized carbons (Fsp3) is 0.120. The minimum absolute atomic E-state index is 0.706. The molecule has 0 radical (unpaired) electrons. The van der Waals surface area contributed by atoms with E-state index < -0.39 is 0 Å². The molecule has 0 atom stereocenters. The van der Waals surface area contributed by atoms with Crippen molar-refractivity contribution in [3.63, 3.8) is 0 Å². The Bertz CT molecular complexity index is 1060. The number of hydrogen-bond donors (Lipinski definition) is 1. The molecule has 1 aromatic heterocycles. The first kappa shape index (κ1) is 19.9. The summed E-state index contributed by atoms with van der Waals surface area (Å²) >= 11 is 1.54. The molecule has 0 spiro atoms. The van der Waals surface area contributed by atoms with Crippen molar-refractivity contribution >= 4 is 22.7 Å². The summed E-state index contributed by atoms with van der Waals surface area (Å²) in [4.78, 5) is 4.56. The monoisotopic (exact) mass is 413 g/mol. The number of nitrogens with zero attached hydrogens (tertiary/aromatic N) is 2. The Morgan fingerprint density at radius 1 is 0.900 bits per heavy atom. The van der Waals surface area contributed by atoms with Crippen LogP contribution in [0.25, 0.3) is 11.3 Å². The first-order chi connectivity index (χ1) is 14.9. The molecule has 4 aromatic rings. The van der Waals surface area contributed by atoms with Crippen LogP contribution in [0.2, 0.25) is 0 Å². The average molecular weight is 414 g/mol. The number of benzene rings is 3. The highest BCUT2D eigenvalue weighted by Gasteiger charge is 2.03. The molecule has 0 fully saturated rings. The van der Waals surface area contributed by atoms with Crippen molar-refractivity contribution in [2.24, 2.45) is 5.10 Å². The SMILES string of the molecule is C(=N/Nc1nc(-c2ccccc2)cs1)/c1ccc(OCCCc2ccccc2)cc1. The van der Waals surface area contributed by atoms with Gasteiger partial charge in [-0.25, -0.2) is 4.98 Å². The van der Waals surface area contributed by atoms with E-state index >= 15 is 0 Å². The van der Waals surface area contributed by atoms with Crippen molar-refractivity contribution in [1.82, 2.24) is 4.98 Å². The van der Waals surface area contributed by atoms with E-state index in [0.717, 1.165) is 40.5 Å². The van der Waals surface area contributed by atoms with Crippen LogP contribution < -0.4 is 10.2 Å². The molecule has 0 saturated carbocycles. The number of hydrogen-bond acceptors (Lipinski definition) is 5. The van der Waals surface area contributed by atoms with Crippen LogP contribution in [-0.4, -0.2) is 17.8 Å². The second-order valence-corrected chi connectivity index (χ2v) is 7.64. The lowest BCUT2D eigenvalue weighted by atomic mass is 10.1. The van der Waals surface area contributed by atoms with Gasteiger partial charge in [-0.1, -0.05) is 60.7 Å². The standard InChI is InChI=1S/C25H23N3OS/c1-3-8-20(9-4-1)10-7-17-29-23-15-13-21(14-16-23)18-26-28-25-27-24(19-30-25)22-11-5-2-6-12-22/h1-6,8-9,11-16,18-19H,7,10,17H2,(H,27,28)/b26-18-. The second kappa shape index (κ2) is 10.4. The summed E-state index contributed by atoms with van der Waals surface area (Å²) in [5.74, 6) is 0.876. The predicted octanol–water partition coefficient (Wildman–Crippen LogP) is 6.27. The van der Waals surface area contributed by atoms with Gasteiger partial charge in [-0.3, -0.25) is 5.43 Å². The molecule has 0 amide bonds. The second-order valence-electron chi connectivity index (χ2n) is 6.78. The molecule has 150 valence electrons. The molecule has 0 bridgehead atoms. The number of nitrogens with one attached hydrogen (secondary N) is 1. The normalized spacial score (nSPS) is 10.9. The van der Waals surface area contributed by atoms with E-state index in [1.165, 1.54) is 16.9 Å². The number of ether oxygens (including phenoxy) is 1. The number of aryl methyl sites for hydroxylation is 1. The molecule has 0 aliphatic heterocycles. The van der Waals surface area contributed by atoms with E-state index in [1.807, 2.05) is 66.0 Å². The number of hydrazone groups is 1. The van der Waals surface area contributed by atoms with Crippen LogP contribution in [0, 0.1) is 0 Å². The third-order valence-electron chi connectivity index (χ3n) is 4.55. The average Bonchev–Trinajstić information content (AvgIpc) is 3.28. The molecular weight excluding hydrogens is 390 g/mol. The van der Waals surface area contributed by atoms with E-state index in [9.17, 15) is 0 Å². The molecule has 4 rings (SSSR count). The third kappa shape index (κ3) is 5.78. The summed E-state index contributed by atoms with van der Waals surface area (Å²) in [7, 11) is 0. The highest BCUT2D eigenvalue weighted by molar-refractivity contribution is 7.14. The zero-order chi connectivity index (χ0) is 20.4. The van der Waals surface area contributed by atoms with Crippen LogP contribution in [-0.2, 0) is 6.42 Å². The zero-order valence-electron chi connectivity index (χ0n) is 16.6. The van der Waals surface area contributed by atoms with E-state index in [4.69, 9.17) is 4.74 Å². The smallest absolute Gasteiger partial charge is 0.203 e. The molecule has 0 saturated heterocycles. The van der Waals surface area contributed by atoms with E-state index in [-0.39, 0.29) is 0 Å². The van der Waals surface area contributed by atoms with Gasteiger partial charge < -0.3 is 4.74 Å². The number of aromatic nitrogens is 1. The Balaban J connectivity index is 1.22. The molecule has 0 aliphatic carbocycles. The lowest BCUT2D eigenvalue weighted by Crippen LogP contribution is -1.99. The summed E-state index contributed by atoms with van der Waals surface area (Å²) in [5.41, 5.74) is 7.40. The van der Waals surface area contributed by atoms with Gasteiger partial charge in [0.05, 0.1) is 18.5 Å². The molecule has 1 heterocycles. The maximum absolute atomic E-state index is 5.83. The first-order valence-electron chi connectivity index (χ1n) is 9.94. The topological polar surface area (TPSA) is 46.5 Å². The van der Waals surface area contributed by atoms with Crippen molar-refractivity contribution in [3.8, 4) is 17.0 Å². The quantitative estimate of drug-likeness (QED) is 0.200. The van der Waals surface area contributed by atoms with Gasteiger partial charge in [-0.15, -0.1) is 11.3 Å². The Kier molecular flexibility index (Phi) is 6.86. The van der Waals surface area contributed by atoms with Crippen molar-refractivity contribution < 1.29 is 4.74 Å². The van der Waals surface area contributed by atoms with E-state index in [1.54, 1.807) is 6.21 Å². The molecular formula is C25H23N3OS. The molecule has 4 nitrogen and oxygen atoms in total. The van der Waals surface area contributed by atoms with Crippen LogP contribution in [0.3, 0.4) is 0 Å². The van der Waals surface area contributed by atoms with Gasteiger partial charge in [-0.05, 0) is 48.2 Å². The van der Waals surface area contributed by atoms with E-state index in [0.29, 0.717) is 6.61 Å². The minimum atomic E-state index is 0.706. The van der Waals surface area contributed by atoms with Gasteiger partial charge in [0.1, 0.15) is 5.75 Å². The zero-order valence-corrected chi connectivity index (χ0v) is 17.4. The largest absolute Gasteiger partial charge is 0.494 e. The fourth-order valence-corrected chi connectivity index (χ4v) is 3.66. The van der Waals surface area contributed by atoms with E-state index in [2.05, 4.69) is 39.8 Å². The molecule has 0 unspecified atom stereocenters. The van der Waals surface area contributed by atoms with Gasteiger partial charge in [0.2, 0.25) is 5.13 Å². The lowest BCUT2D eigenvalue weighted by Gasteiger charge is -2.06. The molecule has 5 heteroatoms. The van der Waals surface area contributed by atoms with Crippen LogP contribution in [0.5, 0.6) is 5.75 Å². The van der Waals surface area contributed by atoms with Crippen molar-refractivity contribution in [1.29, 1.82) is 0 Å². The summed E-state index contributed by atoms with van der Waals surface area (Å²) < 4.78 is 5.83. The van der Waals surface area contributed by atoms with Gasteiger partial charge in [0.25, 0.3) is 0 Å². The third-order valence-corrected chi connectivity index (χ3v) is 5.30. The van der Waals surface area contributed by atoms with Gasteiger partial charge in [-0.2, -0.15) is 5.10 Å². The number of thiazole rings is 1. The molecule has 1 N–H and O–H groups in total. The molecule has 0 aliphatic rings. The van der Waals surface area contributed by atoms with Crippen molar-refractivity contribution in [3.05, 3.63) is 101 Å². The lowest BCUT2D eigenvalue weighted by molar-refractivity contribution is 0.311. The highest BCUT2D eigenvalue weighted by atomic mass is 32.1. The Labute approximate surface area is 180 Å². The van der Waals surface area contributed by atoms with Gasteiger partial charge in [0.15, 0.2) is 0 Å². The first-order valence-corrected chi connectivity index (χ1v) is 10.8. The van der Waals surface area contributed by atoms with Crippen LogP contribution in [0.1, 0.15) is 17.5 Å². The van der Waals surface area contributed by atoms with Gasteiger partial charge in [0, 0.05) is 10.9 Å². The Hall–Kier alpha value is -3.44. The molecule has 3 aromatic carbocycles. The van der Waals surface area contributed by atoms with Crippen molar-refractivity contribution in [2.75, 3.05) is 12.0 Å². The minimum Gasteiger partial charge on any atom is -0.494 e. The molecule has 30 heavy (non-hydrogen) atoms.